The molecule has 2 atom stereocenters. The lowest BCUT2D eigenvalue weighted by Crippen LogP contribution is -2.26. The Morgan fingerprint density at radius 1 is 1.38 bits per heavy atom. The van der Waals surface area contributed by atoms with Crippen molar-refractivity contribution in [3.05, 3.63) is 35.9 Å². The number of aliphatic hydroxyl groups excluding tert-OH is 1. The summed E-state index contributed by atoms with van der Waals surface area (Å²) in [5.41, 5.74) is 1.30. The van der Waals surface area contributed by atoms with E-state index in [1.165, 1.54) is 5.56 Å². The van der Waals surface area contributed by atoms with Crippen LogP contribution in [-0.2, 0) is 4.74 Å². The highest BCUT2D eigenvalue weighted by atomic mass is 16.5. The summed E-state index contributed by atoms with van der Waals surface area (Å²) < 4.78 is 5.70. The van der Waals surface area contributed by atoms with E-state index in [4.69, 9.17) is 9.84 Å². The van der Waals surface area contributed by atoms with E-state index < -0.39 is 0 Å². The third-order valence-corrected chi connectivity index (χ3v) is 3.16. The zero-order chi connectivity index (χ0) is 11.4. The maximum Gasteiger partial charge on any atom is 0.0785 e. The Balaban J connectivity index is 2.10. The van der Waals surface area contributed by atoms with Crippen LogP contribution in [-0.4, -0.2) is 42.9 Å². The number of rotatable bonds is 4. The number of hydrogen-bond donors (Lipinski definition) is 1. The van der Waals surface area contributed by atoms with Crippen molar-refractivity contribution >= 4 is 0 Å². The molecule has 1 saturated heterocycles. The van der Waals surface area contributed by atoms with Crippen molar-refractivity contribution in [1.82, 2.24) is 4.90 Å². The molecule has 0 spiro atoms. The van der Waals surface area contributed by atoms with Crippen LogP contribution in [0.25, 0.3) is 0 Å². The van der Waals surface area contributed by atoms with Crippen molar-refractivity contribution in [3.63, 3.8) is 0 Å². The van der Waals surface area contributed by atoms with Crippen molar-refractivity contribution in [1.29, 1.82) is 0 Å². The van der Waals surface area contributed by atoms with Gasteiger partial charge in [0.1, 0.15) is 0 Å². The Bertz CT molecular complexity index is 315. The molecule has 16 heavy (non-hydrogen) atoms. The van der Waals surface area contributed by atoms with Gasteiger partial charge in [0.05, 0.1) is 25.4 Å². The van der Waals surface area contributed by atoms with Gasteiger partial charge in [0.15, 0.2) is 0 Å². The fourth-order valence-electron chi connectivity index (χ4n) is 2.41. The molecule has 0 bridgehead atoms. The molecule has 1 aliphatic heterocycles. The van der Waals surface area contributed by atoms with Crippen LogP contribution in [0.2, 0.25) is 0 Å². The molecule has 3 nitrogen and oxygen atoms in total. The van der Waals surface area contributed by atoms with Gasteiger partial charge in [-0.3, -0.25) is 4.90 Å². The fraction of sp³-hybridized carbons (Fsp3) is 0.538. The zero-order valence-electron chi connectivity index (χ0n) is 9.67. The van der Waals surface area contributed by atoms with Crippen molar-refractivity contribution in [2.75, 3.05) is 26.8 Å². The van der Waals surface area contributed by atoms with E-state index in [1.807, 2.05) is 6.07 Å². The average molecular weight is 221 g/mol. The minimum atomic E-state index is 0.0989. The zero-order valence-corrected chi connectivity index (χ0v) is 9.67. The molecule has 3 heteroatoms. The second-order valence-corrected chi connectivity index (χ2v) is 4.26. The molecular formula is C13H19NO2. The number of hydrogen-bond acceptors (Lipinski definition) is 3. The molecular weight excluding hydrogens is 202 g/mol. The largest absolute Gasteiger partial charge is 0.394 e. The summed E-state index contributed by atoms with van der Waals surface area (Å²) in [7, 11) is 2.12. The summed E-state index contributed by atoms with van der Waals surface area (Å²) in [6, 6.07) is 10.8. The van der Waals surface area contributed by atoms with Crippen molar-refractivity contribution < 1.29 is 9.84 Å². The van der Waals surface area contributed by atoms with Crippen LogP contribution in [0.5, 0.6) is 0 Å². The third kappa shape index (κ3) is 2.43. The first-order chi connectivity index (χ1) is 7.83. The highest BCUT2D eigenvalue weighted by Gasteiger charge is 2.33. The van der Waals surface area contributed by atoms with Crippen LogP contribution < -0.4 is 0 Å². The lowest BCUT2D eigenvalue weighted by Gasteiger charge is -2.25. The van der Waals surface area contributed by atoms with Crippen molar-refractivity contribution in [2.24, 2.45) is 0 Å². The summed E-state index contributed by atoms with van der Waals surface area (Å²) in [5.74, 6) is 0. The molecule has 1 N–H and O–H groups in total. The Kier molecular flexibility index (Phi) is 3.93. The molecule has 88 valence electrons. The van der Waals surface area contributed by atoms with Gasteiger partial charge in [-0.25, -0.2) is 0 Å². The molecule has 0 saturated carbocycles. The minimum absolute atomic E-state index is 0.0989. The highest BCUT2D eigenvalue weighted by Crippen LogP contribution is 2.32. The molecule has 0 aromatic heterocycles. The van der Waals surface area contributed by atoms with E-state index in [0.717, 1.165) is 13.0 Å². The minimum Gasteiger partial charge on any atom is -0.394 e. The van der Waals surface area contributed by atoms with E-state index in [2.05, 4.69) is 36.2 Å². The second-order valence-electron chi connectivity index (χ2n) is 4.26. The predicted octanol–water partition coefficient (Wildman–Crippen LogP) is 1.44. The monoisotopic (exact) mass is 221 g/mol. The van der Waals surface area contributed by atoms with Crippen LogP contribution in [0.4, 0.5) is 0 Å². The normalized spacial score (nSPS) is 26.1. The standard InChI is InChI=1S/C13H19NO2/c1-14-8-7-12(16-10-9-15)13(14)11-5-3-2-4-6-11/h2-6,12-13,15H,7-10H2,1H3/t12?,13-/m0/s1. The van der Waals surface area contributed by atoms with Crippen LogP contribution in [0, 0.1) is 0 Å². The molecule has 0 amide bonds. The lowest BCUT2D eigenvalue weighted by molar-refractivity contribution is 0.0105. The van der Waals surface area contributed by atoms with Gasteiger partial charge in [0, 0.05) is 6.54 Å². The van der Waals surface area contributed by atoms with Crippen molar-refractivity contribution in [3.8, 4) is 0 Å². The molecule has 1 aromatic rings. The number of benzene rings is 1. The number of aliphatic hydroxyl groups is 1. The van der Waals surface area contributed by atoms with E-state index in [9.17, 15) is 0 Å². The molecule has 2 rings (SSSR count). The summed E-state index contributed by atoms with van der Waals surface area (Å²) >= 11 is 0. The molecule has 0 aliphatic carbocycles. The Morgan fingerprint density at radius 3 is 2.81 bits per heavy atom. The Morgan fingerprint density at radius 2 is 2.12 bits per heavy atom. The van der Waals surface area contributed by atoms with Gasteiger partial charge < -0.3 is 9.84 Å². The maximum absolute atomic E-state index is 8.81. The van der Waals surface area contributed by atoms with Crippen LogP contribution in [0.1, 0.15) is 18.0 Å². The first kappa shape index (κ1) is 11.6. The summed E-state index contributed by atoms with van der Waals surface area (Å²) in [6.45, 7) is 1.58. The van der Waals surface area contributed by atoms with Gasteiger partial charge >= 0.3 is 0 Å². The number of likely N-dealkylation sites (tertiary alicyclic amines) is 1. The molecule has 1 fully saturated rings. The maximum atomic E-state index is 8.81. The number of ether oxygens (including phenoxy) is 1. The molecule has 1 aromatic carbocycles. The summed E-state index contributed by atoms with van der Waals surface area (Å²) in [4.78, 5) is 2.32. The fourth-order valence-corrected chi connectivity index (χ4v) is 2.41. The average Bonchev–Trinajstić information content (AvgIpc) is 2.69. The molecule has 0 radical (unpaired) electrons. The van der Waals surface area contributed by atoms with E-state index in [-0.39, 0.29) is 12.7 Å². The Hall–Kier alpha value is -0.900. The molecule has 1 heterocycles. The van der Waals surface area contributed by atoms with Gasteiger partial charge in [-0.15, -0.1) is 0 Å². The SMILES string of the molecule is CN1CCC(OCCO)[C@@H]1c1ccccc1. The van der Waals surface area contributed by atoms with E-state index in [1.54, 1.807) is 0 Å². The molecule has 1 aliphatic rings. The van der Waals surface area contributed by atoms with Crippen LogP contribution in [0.15, 0.2) is 30.3 Å². The van der Waals surface area contributed by atoms with Gasteiger partial charge in [0.2, 0.25) is 0 Å². The number of nitrogens with zero attached hydrogens (tertiary/aromatic N) is 1. The van der Waals surface area contributed by atoms with Gasteiger partial charge in [-0.2, -0.15) is 0 Å². The first-order valence-electron chi connectivity index (χ1n) is 5.80. The van der Waals surface area contributed by atoms with Crippen molar-refractivity contribution in [2.45, 2.75) is 18.6 Å². The topological polar surface area (TPSA) is 32.7 Å². The molecule has 1 unspecified atom stereocenters. The quantitative estimate of drug-likeness (QED) is 0.835. The van der Waals surface area contributed by atoms with Crippen LogP contribution in [0.3, 0.4) is 0 Å². The summed E-state index contributed by atoms with van der Waals surface area (Å²) in [5, 5.41) is 8.81. The highest BCUT2D eigenvalue weighted by molar-refractivity contribution is 5.21. The second kappa shape index (κ2) is 5.43. The van der Waals surface area contributed by atoms with E-state index >= 15 is 0 Å². The van der Waals surface area contributed by atoms with E-state index in [0.29, 0.717) is 12.6 Å². The lowest BCUT2D eigenvalue weighted by atomic mass is 10.0. The van der Waals surface area contributed by atoms with Crippen LogP contribution >= 0.6 is 0 Å². The number of likely N-dealkylation sites (N-methyl/N-ethyl adjacent to an activating group) is 1. The third-order valence-electron chi connectivity index (χ3n) is 3.16. The smallest absolute Gasteiger partial charge is 0.0785 e. The first-order valence-corrected chi connectivity index (χ1v) is 5.80. The van der Waals surface area contributed by atoms with Gasteiger partial charge in [-0.05, 0) is 19.0 Å². The predicted molar refractivity (Wildman–Crippen MR) is 63.3 cm³/mol. The van der Waals surface area contributed by atoms with Gasteiger partial charge in [-0.1, -0.05) is 30.3 Å². The van der Waals surface area contributed by atoms with Gasteiger partial charge in [0.25, 0.3) is 0 Å². The Labute approximate surface area is 96.6 Å². The summed E-state index contributed by atoms with van der Waals surface area (Å²) in [6.07, 6.45) is 1.25.